The molecule has 0 bridgehead atoms. The standard InChI is InChI=1S/C13H29NO/c1-5-7-9-12(8-6-2)14-10-13(3,4)11-15/h12,14-15H,5-11H2,1-4H3. The van der Waals surface area contributed by atoms with Crippen LogP contribution in [0, 0.1) is 5.41 Å². The Labute approximate surface area is 95.5 Å². The Balaban J connectivity index is 3.83. The number of hydrogen-bond donors (Lipinski definition) is 2. The average Bonchev–Trinajstić information content (AvgIpc) is 2.22. The summed E-state index contributed by atoms with van der Waals surface area (Å²) in [5.74, 6) is 0. The van der Waals surface area contributed by atoms with Crippen molar-refractivity contribution in [1.29, 1.82) is 0 Å². The fourth-order valence-electron chi connectivity index (χ4n) is 1.62. The summed E-state index contributed by atoms with van der Waals surface area (Å²) < 4.78 is 0. The molecule has 2 N–H and O–H groups in total. The van der Waals surface area contributed by atoms with Crippen molar-refractivity contribution in [3.05, 3.63) is 0 Å². The van der Waals surface area contributed by atoms with Gasteiger partial charge in [-0.2, -0.15) is 0 Å². The fraction of sp³-hybridized carbons (Fsp3) is 1.00. The van der Waals surface area contributed by atoms with E-state index in [1.54, 1.807) is 0 Å². The molecule has 0 fully saturated rings. The minimum atomic E-state index is 0.0121. The summed E-state index contributed by atoms with van der Waals surface area (Å²) >= 11 is 0. The molecule has 0 aromatic carbocycles. The van der Waals surface area contributed by atoms with E-state index in [-0.39, 0.29) is 12.0 Å². The van der Waals surface area contributed by atoms with Gasteiger partial charge in [-0.05, 0) is 12.8 Å². The summed E-state index contributed by atoms with van der Waals surface area (Å²) in [5, 5.41) is 12.8. The lowest BCUT2D eigenvalue weighted by Crippen LogP contribution is -2.38. The molecule has 0 heterocycles. The third kappa shape index (κ3) is 7.80. The first-order valence-electron chi connectivity index (χ1n) is 6.40. The molecule has 0 spiro atoms. The maximum absolute atomic E-state index is 9.17. The monoisotopic (exact) mass is 215 g/mol. The van der Waals surface area contributed by atoms with Crippen LogP contribution in [-0.2, 0) is 0 Å². The van der Waals surface area contributed by atoms with Crippen molar-refractivity contribution in [3.8, 4) is 0 Å². The second-order valence-corrected chi connectivity index (χ2v) is 5.33. The van der Waals surface area contributed by atoms with Gasteiger partial charge in [0, 0.05) is 24.6 Å². The Bertz CT molecular complexity index is 145. The summed E-state index contributed by atoms with van der Waals surface area (Å²) in [6.07, 6.45) is 6.33. The Morgan fingerprint density at radius 1 is 1.13 bits per heavy atom. The van der Waals surface area contributed by atoms with Crippen molar-refractivity contribution in [2.24, 2.45) is 5.41 Å². The number of unbranched alkanes of at least 4 members (excludes halogenated alkanes) is 1. The molecular formula is C13H29NO. The summed E-state index contributed by atoms with van der Waals surface area (Å²) in [7, 11) is 0. The molecule has 0 aliphatic carbocycles. The van der Waals surface area contributed by atoms with Crippen LogP contribution < -0.4 is 5.32 Å². The van der Waals surface area contributed by atoms with E-state index in [2.05, 4.69) is 33.0 Å². The molecule has 15 heavy (non-hydrogen) atoms. The topological polar surface area (TPSA) is 32.3 Å². The molecule has 0 amide bonds. The molecule has 0 aliphatic heterocycles. The fourth-order valence-corrected chi connectivity index (χ4v) is 1.62. The second-order valence-electron chi connectivity index (χ2n) is 5.33. The number of hydrogen-bond acceptors (Lipinski definition) is 2. The highest BCUT2D eigenvalue weighted by molar-refractivity contribution is 4.74. The Morgan fingerprint density at radius 2 is 1.80 bits per heavy atom. The van der Waals surface area contributed by atoms with Crippen molar-refractivity contribution in [1.82, 2.24) is 5.32 Å². The van der Waals surface area contributed by atoms with E-state index < -0.39 is 0 Å². The van der Waals surface area contributed by atoms with Gasteiger partial charge < -0.3 is 10.4 Å². The van der Waals surface area contributed by atoms with Crippen molar-refractivity contribution >= 4 is 0 Å². The van der Waals surface area contributed by atoms with Gasteiger partial charge >= 0.3 is 0 Å². The molecule has 0 saturated heterocycles. The van der Waals surface area contributed by atoms with Crippen LogP contribution in [0.1, 0.15) is 59.8 Å². The van der Waals surface area contributed by atoms with Crippen LogP contribution in [0.25, 0.3) is 0 Å². The Kier molecular flexibility index (Phi) is 8.07. The van der Waals surface area contributed by atoms with Crippen LogP contribution in [0.5, 0.6) is 0 Å². The summed E-state index contributed by atoms with van der Waals surface area (Å²) in [5.41, 5.74) is 0.0121. The number of aliphatic hydroxyl groups is 1. The Morgan fingerprint density at radius 3 is 2.27 bits per heavy atom. The molecule has 0 aromatic heterocycles. The quantitative estimate of drug-likeness (QED) is 0.620. The average molecular weight is 215 g/mol. The van der Waals surface area contributed by atoms with E-state index in [4.69, 9.17) is 0 Å². The molecule has 0 saturated carbocycles. The van der Waals surface area contributed by atoms with E-state index in [0.717, 1.165) is 6.54 Å². The zero-order valence-electron chi connectivity index (χ0n) is 11.0. The van der Waals surface area contributed by atoms with Gasteiger partial charge in [-0.1, -0.05) is 47.0 Å². The smallest absolute Gasteiger partial charge is 0.0494 e. The lowest BCUT2D eigenvalue weighted by atomic mass is 9.93. The number of rotatable bonds is 9. The first kappa shape index (κ1) is 14.9. The minimum Gasteiger partial charge on any atom is -0.396 e. The second kappa shape index (κ2) is 8.12. The minimum absolute atomic E-state index is 0.0121. The zero-order valence-corrected chi connectivity index (χ0v) is 11.0. The number of aliphatic hydroxyl groups excluding tert-OH is 1. The lowest BCUT2D eigenvalue weighted by Gasteiger charge is -2.26. The van der Waals surface area contributed by atoms with Crippen molar-refractivity contribution in [2.45, 2.75) is 65.8 Å². The summed E-state index contributed by atoms with van der Waals surface area (Å²) in [6, 6.07) is 0.640. The van der Waals surface area contributed by atoms with Crippen LogP contribution in [0.4, 0.5) is 0 Å². The van der Waals surface area contributed by atoms with Gasteiger partial charge in [0.25, 0.3) is 0 Å². The lowest BCUT2D eigenvalue weighted by molar-refractivity contribution is 0.151. The van der Waals surface area contributed by atoms with E-state index in [1.807, 2.05) is 0 Å². The first-order chi connectivity index (χ1) is 7.05. The van der Waals surface area contributed by atoms with Crippen molar-refractivity contribution in [3.63, 3.8) is 0 Å². The predicted octanol–water partition coefficient (Wildman–Crippen LogP) is 2.95. The molecular weight excluding hydrogens is 186 g/mol. The maximum atomic E-state index is 9.17. The zero-order chi connectivity index (χ0) is 11.7. The van der Waals surface area contributed by atoms with Gasteiger partial charge in [0.1, 0.15) is 0 Å². The molecule has 2 heteroatoms. The van der Waals surface area contributed by atoms with Crippen molar-refractivity contribution < 1.29 is 5.11 Å². The highest BCUT2D eigenvalue weighted by Gasteiger charge is 2.17. The highest BCUT2D eigenvalue weighted by atomic mass is 16.3. The van der Waals surface area contributed by atoms with Crippen LogP contribution in [-0.4, -0.2) is 24.3 Å². The summed E-state index contributed by atoms with van der Waals surface area (Å²) in [6.45, 7) is 9.84. The van der Waals surface area contributed by atoms with Crippen LogP contribution in [0.2, 0.25) is 0 Å². The van der Waals surface area contributed by atoms with Crippen LogP contribution in [0.15, 0.2) is 0 Å². The van der Waals surface area contributed by atoms with Gasteiger partial charge in [-0.15, -0.1) is 0 Å². The molecule has 0 aromatic rings. The van der Waals surface area contributed by atoms with E-state index >= 15 is 0 Å². The van der Waals surface area contributed by atoms with Gasteiger partial charge in [0.2, 0.25) is 0 Å². The number of nitrogens with one attached hydrogen (secondary N) is 1. The van der Waals surface area contributed by atoms with Crippen LogP contribution in [0.3, 0.4) is 0 Å². The van der Waals surface area contributed by atoms with Gasteiger partial charge in [0.05, 0.1) is 0 Å². The van der Waals surface area contributed by atoms with Crippen LogP contribution >= 0.6 is 0 Å². The van der Waals surface area contributed by atoms with Crippen molar-refractivity contribution in [2.75, 3.05) is 13.2 Å². The molecule has 1 atom stereocenters. The normalized spacial score (nSPS) is 14.2. The van der Waals surface area contributed by atoms with E-state index in [9.17, 15) is 5.11 Å². The molecule has 0 radical (unpaired) electrons. The van der Waals surface area contributed by atoms with E-state index in [1.165, 1.54) is 32.1 Å². The highest BCUT2D eigenvalue weighted by Crippen LogP contribution is 2.14. The first-order valence-corrected chi connectivity index (χ1v) is 6.40. The summed E-state index contributed by atoms with van der Waals surface area (Å²) in [4.78, 5) is 0. The molecule has 92 valence electrons. The van der Waals surface area contributed by atoms with E-state index in [0.29, 0.717) is 6.04 Å². The van der Waals surface area contributed by atoms with Gasteiger partial charge in [0.15, 0.2) is 0 Å². The predicted molar refractivity (Wildman–Crippen MR) is 67.1 cm³/mol. The van der Waals surface area contributed by atoms with Gasteiger partial charge in [-0.3, -0.25) is 0 Å². The SMILES string of the molecule is CCCCC(CCC)NCC(C)(C)CO. The van der Waals surface area contributed by atoms with Gasteiger partial charge in [-0.25, -0.2) is 0 Å². The third-order valence-electron chi connectivity index (χ3n) is 2.84. The Hall–Kier alpha value is -0.0800. The maximum Gasteiger partial charge on any atom is 0.0494 e. The molecule has 1 unspecified atom stereocenters. The largest absolute Gasteiger partial charge is 0.396 e. The molecule has 0 rings (SSSR count). The molecule has 2 nitrogen and oxygen atoms in total. The third-order valence-corrected chi connectivity index (χ3v) is 2.84. The molecule has 0 aliphatic rings.